The van der Waals surface area contributed by atoms with E-state index in [1.54, 1.807) is 0 Å². The zero-order valence-electron chi connectivity index (χ0n) is 29.5. The minimum Gasteiger partial charge on any atom is -0.312 e. The number of anilines is 6. The molecule has 0 aliphatic heterocycles. The number of hydrogen-bond donors (Lipinski definition) is 0. The predicted molar refractivity (Wildman–Crippen MR) is 219 cm³/mol. The van der Waals surface area contributed by atoms with Crippen LogP contribution in [0.4, 0.5) is 39.8 Å². The van der Waals surface area contributed by atoms with Crippen LogP contribution in [0.15, 0.2) is 170 Å². The van der Waals surface area contributed by atoms with Crippen LogP contribution in [-0.2, 0) is 5.41 Å². The van der Waals surface area contributed by atoms with Gasteiger partial charge in [0.2, 0.25) is 0 Å². The van der Waals surface area contributed by atoms with Crippen molar-refractivity contribution >= 4 is 61.4 Å². The molecule has 1 aliphatic carbocycles. The van der Waals surface area contributed by atoms with Gasteiger partial charge in [-0.3, -0.25) is 0 Å². The molecule has 0 N–H and O–H groups in total. The molecule has 0 aromatic heterocycles. The number of fused-ring (bicyclic) bond motifs is 8. The number of para-hydroxylation sites is 2. The Labute approximate surface area is 309 Å². The summed E-state index contributed by atoms with van der Waals surface area (Å²) in [4.78, 5) is 8.21. The number of benzene rings is 8. The first kappa shape index (κ1) is 31.8. The Balaban J connectivity index is 1.25. The molecule has 8 aromatic carbocycles. The van der Waals surface area contributed by atoms with Crippen molar-refractivity contribution in [3.8, 4) is 17.2 Å². The molecule has 0 fully saturated rings. The summed E-state index contributed by atoms with van der Waals surface area (Å²) in [7, 11) is 0. The number of nitriles is 1. The van der Waals surface area contributed by atoms with E-state index in [2.05, 4.69) is 156 Å². The first-order chi connectivity index (χ1) is 26.0. The topological polar surface area (TPSA) is 34.6 Å². The number of rotatable bonds is 6. The van der Waals surface area contributed by atoms with Gasteiger partial charge in [-0.05, 0) is 123 Å². The second kappa shape index (κ2) is 12.6. The maximum atomic E-state index is 9.76. The van der Waals surface area contributed by atoms with Crippen LogP contribution in [0.25, 0.3) is 37.5 Å². The van der Waals surface area contributed by atoms with Gasteiger partial charge in [-0.25, -0.2) is 4.85 Å². The van der Waals surface area contributed by atoms with Gasteiger partial charge >= 0.3 is 0 Å². The first-order valence-corrected chi connectivity index (χ1v) is 17.8. The largest absolute Gasteiger partial charge is 0.312 e. The Hall–Kier alpha value is -7.14. The van der Waals surface area contributed by atoms with Crippen molar-refractivity contribution < 1.29 is 0 Å². The van der Waals surface area contributed by atoms with E-state index in [1.807, 2.05) is 48.5 Å². The highest BCUT2D eigenvalue weighted by molar-refractivity contribution is 6.19. The van der Waals surface area contributed by atoms with Crippen LogP contribution in [0.1, 0.15) is 30.5 Å². The molecule has 1 aliphatic rings. The zero-order chi connectivity index (χ0) is 36.1. The minimum atomic E-state index is -0.315. The molecule has 0 saturated heterocycles. The van der Waals surface area contributed by atoms with Gasteiger partial charge in [0.15, 0.2) is 5.69 Å². The van der Waals surface area contributed by atoms with Crippen LogP contribution in [0.5, 0.6) is 0 Å². The summed E-state index contributed by atoms with van der Waals surface area (Å²) < 4.78 is 0. The first-order valence-electron chi connectivity index (χ1n) is 17.8. The van der Waals surface area contributed by atoms with Crippen molar-refractivity contribution in [3.63, 3.8) is 0 Å². The summed E-state index contributed by atoms with van der Waals surface area (Å²) >= 11 is 0. The summed E-state index contributed by atoms with van der Waals surface area (Å²) in [6.45, 7) is 12.4. The highest BCUT2D eigenvalue weighted by Gasteiger charge is 2.39. The van der Waals surface area contributed by atoms with Gasteiger partial charge in [0, 0.05) is 39.5 Å². The highest BCUT2D eigenvalue weighted by Crippen LogP contribution is 2.56. The molecule has 0 bridgehead atoms. The lowest BCUT2D eigenvalue weighted by atomic mass is 9.79. The Morgan fingerprint density at radius 1 is 0.509 bits per heavy atom. The second-order valence-electron chi connectivity index (χ2n) is 14.0. The van der Waals surface area contributed by atoms with Gasteiger partial charge in [0.1, 0.15) is 0 Å². The molecule has 4 nitrogen and oxygen atoms in total. The lowest BCUT2D eigenvalue weighted by Gasteiger charge is -2.29. The summed E-state index contributed by atoms with van der Waals surface area (Å²) in [5.41, 5.74) is 12.1. The monoisotopic (exact) mass is 678 g/mol. The van der Waals surface area contributed by atoms with E-state index in [-0.39, 0.29) is 5.41 Å². The second-order valence-corrected chi connectivity index (χ2v) is 14.0. The third-order valence-electron chi connectivity index (χ3n) is 10.6. The van der Waals surface area contributed by atoms with Gasteiger partial charge in [0.25, 0.3) is 0 Å². The molecule has 0 radical (unpaired) electrons. The standard InChI is InChI=1S/C49H34N4/c1-49(2)46-31-40(52(35-16-6-4-7-17-35)37-20-12-14-33(28-37)32-50)25-27-44(46)47-42-23-11-10-22-41(42)45-30-39(24-26-43(45)48(47)49)53(36-18-8-5-9-19-36)38-21-13-15-34(29-38)51-3/h4-31H,1-2H3. The molecule has 0 amide bonds. The van der Waals surface area contributed by atoms with Crippen LogP contribution in [0.3, 0.4) is 0 Å². The molecule has 0 spiro atoms. The van der Waals surface area contributed by atoms with E-state index in [4.69, 9.17) is 6.57 Å². The van der Waals surface area contributed by atoms with Crippen LogP contribution >= 0.6 is 0 Å². The molecular formula is C49H34N4. The van der Waals surface area contributed by atoms with Crippen molar-refractivity contribution in [2.75, 3.05) is 9.80 Å². The fraction of sp³-hybridized carbons (Fsp3) is 0.0612. The number of nitrogens with zero attached hydrogens (tertiary/aromatic N) is 4. The van der Waals surface area contributed by atoms with E-state index in [0.29, 0.717) is 11.3 Å². The molecule has 0 atom stereocenters. The molecule has 8 aromatic rings. The minimum absolute atomic E-state index is 0.315. The van der Waals surface area contributed by atoms with Gasteiger partial charge in [0.05, 0.1) is 18.2 Å². The lowest BCUT2D eigenvalue weighted by molar-refractivity contribution is 0.666. The van der Waals surface area contributed by atoms with E-state index in [9.17, 15) is 5.26 Å². The van der Waals surface area contributed by atoms with Crippen LogP contribution in [0.2, 0.25) is 0 Å². The average molecular weight is 679 g/mol. The molecular weight excluding hydrogens is 645 g/mol. The SMILES string of the molecule is [C-]#[N+]c1cccc(N(c2ccccc2)c2ccc3c4c(c5ccccc5c3c2)-c2ccc(N(c3ccccc3)c3cccc(C#N)c3)cc2C4(C)C)c1. The van der Waals surface area contributed by atoms with Crippen LogP contribution in [0, 0.1) is 17.9 Å². The number of hydrogen-bond acceptors (Lipinski definition) is 3. The Bertz CT molecular complexity index is 2790. The van der Waals surface area contributed by atoms with Crippen molar-refractivity contribution in [2.45, 2.75) is 19.3 Å². The summed E-state index contributed by atoms with van der Waals surface area (Å²) in [6, 6.07) is 61.1. The maximum absolute atomic E-state index is 9.76. The van der Waals surface area contributed by atoms with E-state index in [0.717, 1.165) is 34.1 Å². The van der Waals surface area contributed by atoms with Crippen molar-refractivity contribution in [2.24, 2.45) is 0 Å². The van der Waals surface area contributed by atoms with Crippen molar-refractivity contribution in [1.82, 2.24) is 0 Å². The fourth-order valence-corrected chi connectivity index (χ4v) is 8.25. The van der Waals surface area contributed by atoms with E-state index in [1.165, 1.54) is 43.8 Å². The van der Waals surface area contributed by atoms with Crippen LogP contribution in [-0.4, -0.2) is 0 Å². The normalized spacial score (nSPS) is 12.5. The summed E-state index contributed by atoms with van der Waals surface area (Å²) in [5.74, 6) is 0. The molecule has 0 unspecified atom stereocenters. The zero-order valence-corrected chi connectivity index (χ0v) is 29.5. The van der Waals surface area contributed by atoms with Gasteiger partial charge in [-0.1, -0.05) is 105 Å². The quantitative estimate of drug-likeness (QED) is 0.130. The van der Waals surface area contributed by atoms with Gasteiger partial charge in [-0.2, -0.15) is 5.26 Å². The third kappa shape index (κ3) is 5.20. The van der Waals surface area contributed by atoms with E-state index < -0.39 is 0 Å². The van der Waals surface area contributed by atoms with Gasteiger partial charge < -0.3 is 9.80 Å². The van der Waals surface area contributed by atoms with E-state index >= 15 is 0 Å². The van der Waals surface area contributed by atoms with Crippen LogP contribution < -0.4 is 9.80 Å². The average Bonchev–Trinajstić information content (AvgIpc) is 3.45. The fourth-order valence-electron chi connectivity index (χ4n) is 8.25. The summed E-state index contributed by atoms with van der Waals surface area (Å²) in [5, 5.41) is 14.6. The van der Waals surface area contributed by atoms with Crippen molar-refractivity contribution in [3.05, 3.63) is 198 Å². The molecule has 53 heavy (non-hydrogen) atoms. The molecule has 0 saturated carbocycles. The smallest absolute Gasteiger partial charge is 0.189 e. The molecule has 0 heterocycles. The molecule has 4 heteroatoms. The Morgan fingerprint density at radius 2 is 1.08 bits per heavy atom. The third-order valence-corrected chi connectivity index (χ3v) is 10.6. The van der Waals surface area contributed by atoms with Gasteiger partial charge in [-0.15, -0.1) is 0 Å². The molecule has 9 rings (SSSR count). The van der Waals surface area contributed by atoms with Crippen molar-refractivity contribution in [1.29, 1.82) is 5.26 Å². The Morgan fingerprint density at radius 3 is 1.75 bits per heavy atom. The Kier molecular flexibility index (Phi) is 7.54. The summed E-state index contributed by atoms with van der Waals surface area (Å²) in [6.07, 6.45) is 0. The highest BCUT2D eigenvalue weighted by atomic mass is 15.1. The predicted octanol–water partition coefficient (Wildman–Crippen LogP) is 13.7. The lowest BCUT2D eigenvalue weighted by Crippen LogP contribution is -2.17. The molecule has 250 valence electrons. The maximum Gasteiger partial charge on any atom is 0.189 e.